The Morgan fingerprint density at radius 1 is 1.47 bits per heavy atom. The van der Waals surface area contributed by atoms with Gasteiger partial charge in [-0.25, -0.2) is 9.48 Å². The molecule has 2 aromatic rings. The van der Waals surface area contributed by atoms with Gasteiger partial charge in [0, 0.05) is 0 Å². The number of aliphatic hydroxyl groups is 1. The van der Waals surface area contributed by atoms with Gasteiger partial charge in [0.2, 0.25) is 0 Å². The van der Waals surface area contributed by atoms with Crippen LogP contribution in [0.3, 0.4) is 0 Å². The van der Waals surface area contributed by atoms with Gasteiger partial charge in [0.05, 0.1) is 30.7 Å². The Bertz CT molecular complexity index is 566. The van der Waals surface area contributed by atoms with Crippen LogP contribution in [0.2, 0.25) is 0 Å². The zero-order valence-electron chi connectivity index (χ0n) is 10.6. The summed E-state index contributed by atoms with van der Waals surface area (Å²) in [4.78, 5) is 11.7. The van der Waals surface area contributed by atoms with Gasteiger partial charge < -0.3 is 9.84 Å². The molecule has 0 amide bonds. The molecular formula is C13H15N3O3. The number of aliphatic hydroxyl groups excluding tert-OH is 1. The van der Waals surface area contributed by atoms with Crippen LogP contribution in [-0.2, 0) is 11.3 Å². The van der Waals surface area contributed by atoms with E-state index in [0.29, 0.717) is 23.6 Å². The van der Waals surface area contributed by atoms with Crippen LogP contribution in [0.25, 0.3) is 5.69 Å². The summed E-state index contributed by atoms with van der Waals surface area (Å²) in [7, 11) is 0. The lowest BCUT2D eigenvalue weighted by Gasteiger charge is -2.05. The van der Waals surface area contributed by atoms with Crippen LogP contribution in [-0.4, -0.2) is 32.7 Å². The Labute approximate surface area is 110 Å². The number of esters is 1. The van der Waals surface area contributed by atoms with Gasteiger partial charge in [-0.1, -0.05) is 18.2 Å². The molecule has 19 heavy (non-hydrogen) atoms. The van der Waals surface area contributed by atoms with Crippen molar-refractivity contribution >= 4 is 5.97 Å². The molecule has 0 saturated carbocycles. The normalized spacial score (nSPS) is 10.4. The van der Waals surface area contributed by atoms with E-state index in [-0.39, 0.29) is 12.6 Å². The molecule has 0 bridgehead atoms. The van der Waals surface area contributed by atoms with Crippen LogP contribution in [0.5, 0.6) is 0 Å². The summed E-state index contributed by atoms with van der Waals surface area (Å²) in [5.41, 5.74) is 1.63. The zero-order valence-corrected chi connectivity index (χ0v) is 10.6. The van der Waals surface area contributed by atoms with Gasteiger partial charge >= 0.3 is 5.97 Å². The third-order valence-electron chi connectivity index (χ3n) is 2.49. The van der Waals surface area contributed by atoms with Gasteiger partial charge in [0.15, 0.2) is 0 Å². The lowest BCUT2D eigenvalue weighted by molar-refractivity contribution is 0.0505. The van der Waals surface area contributed by atoms with Crippen molar-refractivity contribution < 1.29 is 14.6 Å². The number of rotatable bonds is 5. The maximum absolute atomic E-state index is 11.7. The van der Waals surface area contributed by atoms with Crippen molar-refractivity contribution in [3.63, 3.8) is 0 Å². The first-order valence-corrected chi connectivity index (χ1v) is 6.04. The smallest absolute Gasteiger partial charge is 0.338 e. The van der Waals surface area contributed by atoms with E-state index in [1.165, 1.54) is 4.68 Å². The van der Waals surface area contributed by atoms with Gasteiger partial charge in [-0.2, -0.15) is 0 Å². The molecular weight excluding hydrogens is 246 g/mol. The lowest BCUT2D eigenvalue weighted by Crippen LogP contribution is -2.07. The molecule has 0 atom stereocenters. The second kappa shape index (κ2) is 6.10. The van der Waals surface area contributed by atoms with Crippen molar-refractivity contribution in [2.45, 2.75) is 20.0 Å². The van der Waals surface area contributed by atoms with Crippen molar-refractivity contribution in [1.29, 1.82) is 0 Å². The van der Waals surface area contributed by atoms with Crippen molar-refractivity contribution in [3.8, 4) is 5.69 Å². The highest BCUT2D eigenvalue weighted by Crippen LogP contribution is 2.11. The third kappa shape index (κ3) is 3.17. The minimum absolute atomic E-state index is 0.168. The quantitative estimate of drug-likeness (QED) is 0.821. The first-order valence-electron chi connectivity index (χ1n) is 6.04. The molecule has 0 saturated heterocycles. The second-order valence-corrected chi connectivity index (χ2v) is 4.00. The summed E-state index contributed by atoms with van der Waals surface area (Å²) in [5, 5.41) is 16.6. The van der Waals surface area contributed by atoms with Gasteiger partial charge in [-0.3, -0.25) is 0 Å². The van der Waals surface area contributed by atoms with Crippen LogP contribution in [0.15, 0.2) is 30.5 Å². The number of benzene rings is 1. The number of hydrogen-bond acceptors (Lipinski definition) is 5. The first-order chi connectivity index (χ1) is 9.24. The predicted molar refractivity (Wildman–Crippen MR) is 67.9 cm³/mol. The van der Waals surface area contributed by atoms with Crippen molar-refractivity contribution in [2.75, 3.05) is 6.61 Å². The summed E-state index contributed by atoms with van der Waals surface area (Å²) in [6, 6.07) is 6.91. The summed E-state index contributed by atoms with van der Waals surface area (Å²) in [6.45, 7) is 2.18. The fourth-order valence-corrected chi connectivity index (χ4v) is 1.55. The second-order valence-electron chi connectivity index (χ2n) is 4.00. The SMILES string of the molecule is CCCOC(=O)c1cccc(-n2cc(CO)nn2)c1. The molecule has 0 aliphatic heterocycles. The van der Waals surface area contributed by atoms with E-state index >= 15 is 0 Å². The summed E-state index contributed by atoms with van der Waals surface area (Å²) >= 11 is 0. The molecule has 0 aliphatic carbocycles. The van der Waals surface area contributed by atoms with E-state index in [0.717, 1.165) is 6.42 Å². The Balaban J connectivity index is 2.21. The van der Waals surface area contributed by atoms with Gasteiger partial charge in [0.1, 0.15) is 5.69 Å². The highest BCUT2D eigenvalue weighted by molar-refractivity contribution is 5.90. The number of carbonyl (C=O) groups is 1. The standard InChI is InChI=1S/C13H15N3O3/c1-2-6-19-13(18)10-4-3-5-12(7-10)16-8-11(9-17)14-15-16/h3-5,7-8,17H,2,6,9H2,1H3. The largest absolute Gasteiger partial charge is 0.462 e. The summed E-state index contributed by atoms with van der Waals surface area (Å²) in [5.74, 6) is -0.355. The van der Waals surface area contributed by atoms with Crippen LogP contribution in [0.4, 0.5) is 0 Å². The number of hydrogen-bond donors (Lipinski definition) is 1. The van der Waals surface area contributed by atoms with Crippen LogP contribution >= 0.6 is 0 Å². The minimum atomic E-state index is -0.355. The molecule has 1 aromatic heterocycles. The Morgan fingerprint density at radius 3 is 3.00 bits per heavy atom. The van der Waals surface area contributed by atoms with E-state index in [1.807, 2.05) is 6.92 Å². The van der Waals surface area contributed by atoms with Gasteiger partial charge in [-0.05, 0) is 24.6 Å². The van der Waals surface area contributed by atoms with Gasteiger partial charge in [0.25, 0.3) is 0 Å². The molecule has 1 N–H and O–H groups in total. The molecule has 1 aromatic carbocycles. The Kier molecular flexibility index (Phi) is 4.25. The molecule has 100 valence electrons. The Morgan fingerprint density at radius 2 is 2.32 bits per heavy atom. The van der Waals surface area contributed by atoms with Crippen molar-refractivity contribution in [3.05, 3.63) is 41.7 Å². The summed E-state index contributed by atoms with van der Waals surface area (Å²) < 4.78 is 6.57. The van der Waals surface area contributed by atoms with Gasteiger partial charge in [-0.15, -0.1) is 5.10 Å². The molecule has 6 nitrogen and oxygen atoms in total. The van der Waals surface area contributed by atoms with Crippen LogP contribution in [0, 0.1) is 0 Å². The maximum atomic E-state index is 11.7. The van der Waals surface area contributed by atoms with Crippen LogP contribution in [0.1, 0.15) is 29.4 Å². The zero-order chi connectivity index (χ0) is 13.7. The summed E-state index contributed by atoms with van der Waals surface area (Å²) in [6.07, 6.45) is 2.39. The molecule has 0 fully saturated rings. The number of nitrogens with zero attached hydrogens (tertiary/aromatic N) is 3. The molecule has 6 heteroatoms. The lowest BCUT2D eigenvalue weighted by atomic mass is 10.2. The average Bonchev–Trinajstić information content (AvgIpc) is 2.94. The monoisotopic (exact) mass is 261 g/mol. The molecule has 2 rings (SSSR count). The molecule has 0 unspecified atom stereocenters. The molecule has 0 radical (unpaired) electrons. The molecule has 0 spiro atoms. The predicted octanol–water partition coefficient (Wildman–Crippen LogP) is 1.33. The highest BCUT2D eigenvalue weighted by atomic mass is 16.5. The Hall–Kier alpha value is -2.21. The maximum Gasteiger partial charge on any atom is 0.338 e. The number of aromatic nitrogens is 3. The minimum Gasteiger partial charge on any atom is -0.462 e. The third-order valence-corrected chi connectivity index (χ3v) is 2.49. The van der Waals surface area contributed by atoms with E-state index < -0.39 is 0 Å². The number of carbonyl (C=O) groups excluding carboxylic acids is 1. The fourth-order valence-electron chi connectivity index (χ4n) is 1.55. The van der Waals surface area contributed by atoms with E-state index in [2.05, 4.69) is 10.3 Å². The number of ether oxygens (including phenoxy) is 1. The topological polar surface area (TPSA) is 77.2 Å². The van der Waals surface area contributed by atoms with Crippen LogP contribution < -0.4 is 0 Å². The van der Waals surface area contributed by atoms with E-state index in [9.17, 15) is 4.79 Å². The molecule has 0 aliphatic rings. The van der Waals surface area contributed by atoms with E-state index in [4.69, 9.17) is 9.84 Å². The first kappa shape index (κ1) is 13.2. The average molecular weight is 261 g/mol. The molecule has 1 heterocycles. The van der Waals surface area contributed by atoms with Crippen molar-refractivity contribution in [1.82, 2.24) is 15.0 Å². The fraction of sp³-hybridized carbons (Fsp3) is 0.308. The van der Waals surface area contributed by atoms with Crippen molar-refractivity contribution in [2.24, 2.45) is 0 Å². The van der Waals surface area contributed by atoms with E-state index in [1.54, 1.807) is 30.5 Å². The highest BCUT2D eigenvalue weighted by Gasteiger charge is 2.09.